The first-order chi connectivity index (χ1) is 8.54. The van der Waals surface area contributed by atoms with E-state index >= 15 is 0 Å². The van der Waals surface area contributed by atoms with Crippen LogP contribution in [-0.4, -0.2) is 55.0 Å². The number of carbonyl (C=O) groups excluding carboxylic acids is 1. The molecule has 1 rings (SSSR count). The predicted molar refractivity (Wildman–Crippen MR) is 75.4 cm³/mol. The second kappa shape index (κ2) is 7.74. The van der Waals surface area contributed by atoms with Crippen LogP contribution in [0, 0.1) is 0 Å². The van der Waals surface area contributed by atoms with Crippen molar-refractivity contribution in [3.63, 3.8) is 0 Å². The molecule has 1 aliphatic carbocycles. The molecule has 0 atom stereocenters. The maximum absolute atomic E-state index is 11.5. The zero-order valence-corrected chi connectivity index (χ0v) is 12.2. The Morgan fingerprint density at radius 3 is 2.33 bits per heavy atom. The zero-order chi connectivity index (χ0) is 13.5. The van der Waals surface area contributed by atoms with Crippen LogP contribution in [0.3, 0.4) is 0 Å². The predicted octanol–water partition coefficient (Wildman–Crippen LogP) is 1.45. The van der Waals surface area contributed by atoms with Gasteiger partial charge in [0.15, 0.2) is 0 Å². The van der Waals surface area contributed by atoms with Crippen molar-refractivity contribution in [1.29, 1.82) is 0 Å². The van der Waals surface area contributed by atoms with E-state index in [0.29, 0.717) is 18.5 Å². The summed E-state index contributed by atoms with van der Waals surface area (Å²) in [7, 11) is 3.64. The molecule has 0 aliphatic heterocycles. The lowest BCUT2D eigenvalue weighted by Gasteiger charge is -2.35. The number of rotatable bonds is 6. The third-order valence-electron chi connectivity index (χ3n) is 4.00. The Morgan fingerprint density at radius 2 is 1.83 bits per heavy atom. The number of carbonyl (C=O) groups is 1. The highest BCUT2D eigenvalue weighted by Crippen LogP contribution is 2.22. The normalized spacial score (nSPS) is 24.3. The number of hydrogen-bond donors (Lipinski definition) is 1. The van der Waals surface area contributed by atoms with Gasteiger partial charge in [-0.3, -0.25) is 4.79 Å². The highest BCUT2D eigenvalue weighted by molar-refractivity contribution is 5.75. The molecule has 0 saturated heterocycles. The monoisotopic (exact) mass is 255 g/mol. The van der Waals surface area contributed by atoms with Crippen LogP contribution in [0.1, 0.15) is 45.4 Å². The van der Waals surface area contributed by atoms with Gasteiger partial charge in [0.1, 0.15) is 0 Å². The van der Waals surface area contributed by atoms with Gasteiger partial charge in [0.05, 0.1) is 0 Å². The Kier molecular flexibility index (Phi) is 6.65. The van der Waals surface area contributed by atoms with Crippen LogP contribution in [0.2, 0.25) is 0 Å². The van der Waals surface area contributed by atoms with Crippen LogP contribution in [0.15, 0.2) is 0 Å². The molecular formula is C14H29N3O. The number of amides is 1. The molecule has 0 aromatic carbocycles. The van der Waals surface area contributed by atoms with E-state index in [2.05, 4.69) is 11.8 Å². The lowest BCUT2D eigenvalue weighted by Crippen LogP contribution is -2.41. The summed E-state index contributed by atoms with van der Waals surface area (Å²) in [5, 5.41) is 0. The molecule has 4 nitrogen and oxygen atoms in total. The topological polar surface area (TPSA) is 49.6 Å². The van der Waals surface area contributed by atoms with Crippen molar-refractivity contribution in [3.8, 4) is 0 Å². The van der Waals surface area contributed by atoms with Crippen molar-refractivity contribution in [2.45, 2.75) is 57.5 Å². The van der Waals surface area contributed by atoms with Crippen molar-refractivity contribution in [1.82, 2.24) is 9.80 Å². The molecule has 1 fully saturated rings. The Labute approximate surface area is 111 Å². The van der Waals surface area contributed by atoms with Gasteiger partial charge in [-0.2, -0.15) is 0 Å². The van der Waals surface area contributed by atoms with Crippen molar-refractivity contribution >= 4 is 5.91 Å². The molecule has 0 aromatic rings. The van der Waals surface area contributed by atoms with Gasteiger partial charge in [-0.1, -0.05) is 6.92 Å². The molecule has 2 N–H and O–H groups in total. The summed E-state index contributed by atoms with van der Waals surface area (Å²) >= 11 is 0. The highest BCUT2D eigenvalue weighted by atomic mass is 16.2. The summed E-state index contributed by atoms with van der Waals surface area (Å²) in [4.78, 5) is 15.7. The second-order valence-electron chi connectivity index (χ2n) is 5.59. The van der Waals surface area contributed by atoms with Crippen molar-refractivity contribution in [2.24, 2.45) is 5.73 Å². The van der Waals surface area contributed by atoms with E-state index in [-0.39, 0.29) is 5.91 Å². The standard InChI is InChI=1S/C14H29N3O/c1-4-17(11-5-6-14(18)16(2)3)13-9-7-12(15)8-10-13/h12-13H,4-11,15H2,1-3H3. The van der Waals surface area contributed by atoms with Crippen LogP contribution in [0.4, 0.5) is 0 Å². The number of nitrogens with zero attached hydrogens (tertiary/aromatic N) is 2. The Balaban J connectivity index is 2.27. The summed E-state index contributed by atoms with van der Waals surface area (Å²) in [6.45, 7) is 4.33. The molecule has 18 heavy (non-hydrogen) atoms. The van der Waals surface area contributed by atoms with Gasteiger partial charge in [-0.05, 0) is 45.2 Å². The van der Waals surface area contributed by atoms with Crippen LogP contribution >= 0.6 is 0 Å². The summed E-state index contributed by atoms with van der Waals surface area (Å²) in [6, 6.07) is 1.10. The summed E-state index contributed by atoms with van der Waals surface area (Å²) in [5.74, 6) is 0.233. The minimum atomic E-state index is 0.233. The fourth-order valence-corrected chi connectivity index (χ4v) is 2.72. The molecule has 0 heterocycles. The number of nitrogens with two attached hydrogens (primary N) is 1. The van der Waals surface area contributed by atoms with Crippen LogP contribution in [0.5, 0.6) is 0 Å². The SMILES string of the molecule is CCN(CCCC(=O)N(C)C)C1CCC(N)CC1. The molecule has 0 bridgehead atoms. The average molecular weight is 255 g/mol. The summed E-state index contributed by atoms with van der Waals surface area (Å²) in [6.07, 6.45) is 6.37. The first kappa shape index (κ1) is 15.4. The third-order valence-corrected chi connectivity index (χ3v) is 4.00. The molecule has 4 heteroatoms. The van der Waals surface area contributed by atoms with Gasteiger partial charge in [0.25, 0.3) is 0 Å². The molecule has 0 aromatic heterocycles. The lowest BCUT2D eigenvalue weighted by molar-refractivity contribution is -0.128. The van der Waals surface area contributed by atoms with E-state index in [1.807, 2.05) is 14.1 Å². The van der Waals surface area contributed by atoms with Gasteiger partial charge in [-0.15, -0.1) is 0 Å². The molecule has 0 radical (unpaired) electrons. The van der Waals surface area contributed by atoms with Crippen LogP contribution in [0.25, 0.3) is 0 Å². The van der Waals surface area contributed by atoms with E-state index in [0.717, 1.165) is 32.4 Å². The van der Waals surface area contributed by atoms with Crippen molar-refractivity contribution in [3.05, 3.63) is 0 Å². The van der Waals surface area contributed by atoms with E-state index in [4.69, 9.17) is 5.73 Å². The van der Waals surface area contributed by atoms with Crippen LogP contribution < -0.4 is 5.73 Å². The maximum Gasteiger partial charge on any atom is 0.222 e. The van der Waals surface area contributed by atoms with E-state index in [1.165, 1.54) is 12.8 Å². The Morgan fingerprint density at radius 1 is 1.22 bits per heavy atom. The molecule has 1 saturated carbocycles. The van der Waals surface area contributed by atoms with Crippen molar-refractivity contribution < 1.29 is 4.79 Å². The smallest absolute Gasteiger partial charge is 0.222 e. The minimum absolute atomic E-state index is 0.233. The fraction of sp³-hybridized carbons (Fsp3) is 0.929. The lowest BCUT2D eigenvalue weighted by atomic mass is 9.90. The van der Waals surface area contributed by atoms with Gasteiger partial charge in [-0.25, -0.2) is 0 Å². The first-order valence-electron chi connectivity index (χ1n) is 7.24. The molecular weight excluding hydrogens is 226 g/mol. The summed E-state index contributed by atoms with van der Waals surface area (Å²) in [5.41, 5.74) is 5.94. The van der Waals surface area contributed by atoms with Gasteiger partial charge >= 0.3 is 0 Å². The quantitative estimate of drug-likeness (QED) is 0.781. The highest BCUT2D eigenvalue weighted by Gasteiger charge is 2.23. The zero-order valence-electron chi connectivity index (χ0n) is 12.2. The van der Waals surface area contributed by atoms with E-state index in [1.54, 1.807) is 4.90 Å². The Hall–Kier alpha value is -0.610. The van der Waals surface area contributed by atoms with E-state index in [9.17, 15) is 4.79 Å². The fourth-order valence-electron chi connectivity index (χ4n) is 2.72. The second-order valence-corrected chi connectivity index (χ2v) is 5.59. The third kappa shape index (κ3) is 4.94. The van der Waals surface area contributed by atoms with Crippen molar-refractivity contribution in [2.75, 3.05) is 27.2 Å². The minimum Gasteiger partial charge on any atom is -0.349 e. The number of hydrogen-bond acceptors (Lipinski definition) is 3. The van der Waals surface area contributed by atoms with Crippen LogP contribution in [-0.2, 0) is 4.79 Å². The van der Waals surface area contributed by atoms with Gasteiger partial charge in [0.2, 0.25) is 5.91 Å². The molecule has 0 spiro atoms. The maximum atomic E-state index is 11.5. The Bertz CT molecular complexity index is 247. The van der Waals surface area contributed by atoms with E-state index < -0.39 is 0 Å². The largest absolute Gasteiger partial charge is 0.349 e. The van der Waals surface area contributed by atoms with Gasteiger partial charge < -0.3 is 15.5 Å². The molecule has 0 unspecified atom stereocenters. The molecule has 1 aliphatic rings. The average Bonchev–Trinajstić information content (AvgIpc) is 2.35. The summed E-state index contributed by atoms with van der Waals surface area (Å²) < 4.78 is 0. The first-order valence-corrected chi connectivity index (χ1v) is 7.24. The molecule has 106 valence electrons. The van der Waals surface area contributed by atoms with Gasteiger partial charge in [0, 0.05) is 32.6 Å². The molecule has 1 amide bonds.